The first-order chi connectivity index (χ1) is 21.3. The number of hydrogen-bond acceptors (Lipinski definition) is 10. The highest BCUT2D eigenvalue weighted by Crippen LogP contribution is 2.66. The molecule has 0 fully saturated rings. The molecule has 10 nitrogen and oxygen atoms in total. The summed E-state index contributed by atoms with van der Waals surface area (Å²) in [5.74, 6) is -0.947. The van der Waals surface area contributed by atoms with Crippen LogP contribution in [0.1, 0.15) is 35.5 Å². The Morgan fingerprint density at radius 2 is 1.82 bits per heavy atom. The molecule has 45 heavy (non-hydrogen) atoms. The molecule has 0 saturated carbocycles. The van der Waals surface area contributed by atoms with Crippen molar-refractivity contribution >= 4 is 63.2 Å². The van der Waals surface area contributed by atoms with Gasteiger partial charge < -0.3 is 9.26 Å². The van der Waals surface area contributed by atoms with Gasteiger partial charge in [-0.3, -0.25) is 19.4 Å². The number of esters is 1. The van der Waals surface area contributed by atoms with Crippen LogP contribution in [0.25, 0.3) is 14.9 Å². The summed E-state index contributed by atoms with van der Waals surface area (Å²) in [6, 6.07) is 14.9. The molecule has 0 spiro atoms. The summed E-state index contributed by atoms with van der Waals surface area (Å²) in [5.41, 5.74) is -5.02. The van der Waals surface area contributed by atoms with Crippen molar-refractivity contribution in [2.24, 2.45) is 5.92 Å². The van der Waals surface area contributed by atoms with Crippen LogP contribution in [0, 0.1) is 22.6 Å². The summed E-state index contributed by atoms with van der Waals surface area (Å²) in [5, 5.41) is 10.9. The highest BCUT2D eigenvalue weighted by molar-refractivity contribution is 8.13. The summed E-state index contributed by atoms with van der Waals surface area (Å²) in [6.07, 6.45) is 0.280. The molecule has 4 rings (SSSR count). The van der Waals surface area contributed by atoms with Crippen molar-refractivity contribution in [2.45, 2.75) is 25.9 Å². The Kier molecular flexibility index (Phi) is 10.7. The Bertz CT molecular complexity index is 1820. The summed E-state index contributed by atoms with van der Waals surface area (Å²) in [4.78, 5) is 38.3. The number of nitro groups is 1. The van der Waals surface area contributed by atoms with Crippen LogP contribution in [-0.4, -0.2) is 28.4 Å². The number of carbonyl (C=O) groups excluding carboxylic acids is 2. The molecule has 1 atom stereocenters. The number of thiophene rings is 1. The second-order valence-electron chi connectivity index (χ2n) is 9.89. The number of alkyl halides is 2. The molecule has 4 aromatic rings. The molecule has 0 saturated heterocycles. The van der Waals surface area contributed by atoms with Gasteiger partial charge in [0.05, 0.1) is 18.1 Å². The number of carbonyl (C=O) groups is 2. The maximum absolute atomic E-state index is 16.1. The topological polar surface area (TPSA) is 126 Å². The number of thioether (sulfide) groups is 1. The molecule has 1 heterocycles. The van der Waals surface area contributed by atoms with Gasteiger partial charge in [-0.05, 0) is 53.8 Å². The Morgan fingerprint density at radius 3 is 2.49 bits per heavy atom. The normalized spacial score (nSPS) is 12.8. The molecule has 1 aromatic heterocycles. The van der Waals surface area contributed by atoms with Gasteiger partial charge >= 0.3 is 19.2 Å². The van der Waals surface area contributed by atoms with Crippen LogP contribution in [0.4, 0.5) is 20.2 Å². The van der Waals surface area contributed by atoms with Crippen LogP contribution in [0.15, 0.2) is 72.8 Å². The van der Waals surface area contributed by atoms with Crippen LogP contribution in [0.3, 0.4) is 0 Å². The van der Waals surface area contributed by atoms with Crippen LogP contribution < -0.4 is 9.26 Å². The molecular formula is C30H25F2N2O8PS2. The third kappa shape index (κ3) is 8.32. The number of benzene rings is 3. The van der Waals surface area contributed by atoms with Crippen LogP contribution in [0.2, 0.25) is 0 Å². The fraction of sp³-hybridized carbons (Fsp3) is 0.233. The number of nitrogens with zero attached hydrogens (tertiary/aromatic N) is 2. The van der Waals surface area contributed by atoms with Crippen molar-refractivity contribution in [2.75, 3.05) is 12.4 Å². The molecular weight excluding hydrogens is 649 g/mol. The molecule has 1 unspecified atom stereocenters. The van der Waals surface area contributed by atoms with Gasteiger partial charge in [0.25, 0.3) is 5.69 Å². The summed E-state index contributed by atoms with van der Waals surface area (Å²) in [6.45, 7) is 10.4. The van der Waals surface area contributed by atoms with Crippen LogP contribution in [0.5, 0.6) is 11.5 Å². The van der Waals surface area contributed by atoms with E-state index in [-0.39, 0.29) is 56.3 Å². The minimum atomic E-state index is -5.33. The molecule has 0 amide bonds. The van der Waals surface area contributed by atoms with Gasteiger partial charge in [-0.1, -0.05) is 43.8 Å². The second kappa shape index (κ2) is 14.3. The number of nitro benzene ring substituents is 1. The highest BCUT2D eigenvalue weighted by Gasteiger charge is 2.56. The minimum absolute atomic E-state index is 0.0408. The zero-order chi connectivity index (χ0) is 32.8. The van der Waals surface area contributed by atoms with E-state index in [0.29, 0.717) is 4.70 Å². The monoisotopic (exact) mass is 674 g/mol. The van der Waals surface area contributed by atoms with Crippen LogP contribution in [-0.2, 0) is 19.5 Å². The molecule has 0 aliphatic carbocycles. The number of halogens is 2. The molecule has 234 valence electrons. The van der Waals surface area contributed by atoms with E-state index < -0.39 is 36.3 Å². The standard InChI is InChI=1S/C30H25F2N2O8PS2/c1-19(2)15-28(35)44-14-13-40-43(39,42-25-6-4-5-22(18-25)33-3)30(31,32)21-7-12-26-20(16-21)17-27(45-26)29(36)41-24-10-8-23(9-11-24)34(37)38/h4-12,16-19H,13-15H2,1-2H3. The lowest BCUT2D eigenvalue weighted by molar-refractivity contribution is -0.384. The molecule has 15 heteroatoms. The Morgan fingerprint density at radius 1 is 1.09 bits per heavy atom. The van der Waals surface area contributed by atoms with E-state index in [2.05, 4.69) is 4.85 Å². The van der Waals surface area contributed by atoms with Crippen molar-refractivity contribution in [3.63, 3.8) is 0 Å². The SMILES string of the molecule is [C-]#[N+]c1cccc(OP(=O)(OCCSC(=O)CC(C)C)C(F)(F)c2ccc3sc(C(=O)Oc4ccc([N+](=O)[O-])cc4)cc3c2)c1. The van der Waals surface area contributed by atoms with E-state index in [4.69, 9.17) is 20.4 Å². The maximum atomic E-state index is 16.1. The largest absolute Gasteiger partial charge is 0.453 e. The van der Waals surface area contributed by atoms with Crippen LogP contribution >= 0.6 is 30.7 Å². The molecule has 0 N–H and O–H groups in total. The number of hydrogen-bond donors (Lipinski definition) is 0. The van der Waals surface area contributed by atoms with Crippen molar-refractivity contribution in [1.82, 2.24) is 0 Å². The zero-order valence-corrected chi connectivity index (χ0v) is 26.3. The molecule has 3 aromatic carbocycles. The van der Waals surface area contributed by atoms with Crippen molar-refractivity contribution in [3.8, 4) is 11.5 Å². The highest BCUT2D eigenvalue weighted by atomic mass is 32.2. The van der Waals surface area contributed by atoms with Crippen molar-refractivity contribution < 1.29 is 41.6 Å². The molecule has 0 aliphatic rings. The van der Waals surface area contributed by atoms with Gasteiger partial charge in [0.1, 0.15) is 16.4 Å². The fourth-order valence-corrected chi connectivity index (χ4v) is 7.30. The number of fused-ring (bicyclic) bond motifs is 1. The maximum Gasteiger partial charge on any atom is 0.453 e. The molecule has 0 bridgehead atoms. The van der Waals surface area contributed by atoms with Crippen molar-refractivity contribution in [3.05, 3.63) is 105 Å². The number of rotatable bonds is 13. The first-order valence-corrected chi connectivity index (χ1v) is 16.6. The zero-order valence-electron chi connectivity index (χ0n) is 23.8. The Balaban J connectivity index is 1.59. The smallest absolute Gasteiger partial charge is 0.422 e. The molecule has 0 aliphatic heterocycles. The minimum Gasteiger partial charge on any atom is -0.422 e. The van der Waals surface area contributed by atoms with Gasteiger partial charge in [-0.25, -0.2) is 14.2 Å². The summed E-state index contributed by atoms with van der Waals surface area (Å²) in [7, 11) is -5.33. The number of ether oxygens (including phenoxy) is 1. The predicted octanol–water partition coefficient (Wildman–Crippen LogP) is 9.22. The Hall–Kier alpha value is -4.15. The lowest BCUT2D eigenvalue weighted by Crippen LogP contribution is -2.20. The number of non-ortho nitro benzene ring substituents is 1. The van der Waals surface area contributed by atoms with Gasteiger partial charge in [-0.15, -0.1) is 11.3 Å². The van der Waals surface area contributed by atoms with E-state index in [0.717, 1.165) is 41.3 Å². The second-order valence-corrected chi connectivity index (χ2v) is 14.1. The van der Waals surface area contributed by atoms with E-state index in [1.165, 1.54) is 54.6 Å². The predicted molar refractivity (Wildman–Crippen MR) is 168 cm³/mol. The van der Waals surface area contributed by atoms with Gasteiger partial charge in [0.2, 0.25) is 0 Å². The third-order valence-corrected chi connectivity index (χ3v) is 9.90. The van der Waals surface area contributed by atoms with E-state index in [1.54, 1.807) is 0 Å². The average Bonchev–Trinajstić information content (AvgIpc) is 3.43. The van der Waals surface area contributed by atoms with Gasteiger partial charge in [0, 0.05) is 34.6 Å². The summed E-state index contributed by atoms with van der Waals surface area (Å²) >= 11 is 1.84. The first-order valence-electron chi connectivity index (χ1n) is 13.3. The Labute approximate surface area is 264 Å². The average molecular weight is 675 g/mol. The summed E-state index contributed by atoms with van der Waals surface area (Å²) < 4.78 is 62.4. The lowest BCUT2D eigenvalue weighted by atomic mass is 10.1. The van der Waals surface area contributed by atoms with E-state index >= 15 is 8.78 Å². The quantitative estimate of drug-likeness (QED) is 0.0259. The third-order valence-electron chi connectivity index (χ3n) is 6.02. The van der Waals surface area contributed by atoms with E-state index in [1.807, 2.05) is 13.8 Å². The lowest BCUT2D eigenvalue weighted by Gasteiger charge is -2.27. The van der Waals surface area contributed by atoms with Crippen molar-refractivity contribution in [1.29, 1.82) is 0 Å². The fourth-order valence-electron chi connectivity index (χ4n) is 3.90. The first kappa shape index (κ1) is 33.7. The van der Waals surface area contributed by atoms with Gasteiger partial charge in [-0.2, -0.15) is 8.78 Å². The van der Waals surface area contributed by atoms with E-state index in [9.17, 15) is 24.3 Å². The van der Waals surface area contributed by atoms with Gasteiger partial charge in [0.15, 0.2) is 10.8 Å². The molecule has 0 radical (unpaired) electrons.